The van der Waals surface area contributed by atoms with Crippen LogP contribution in [0.15, 0.2) is 60.2 Å². The maximum absolute atomic E-state index is 13.5. The molecule has 0 radical (unpaired) electrons. The summed E-state index contributed by atoms with van der Waals surface area (Å²) in [6.45, 7) is 0.159. The summed E-state index contributed by atoms with van der Waals surface area (Å²) < 4.78 is 32.7. The molecule has 0 aromatic heterocycles. The highest BCUT2D eigenvalue weighted by Crippen LogP contribution is 2.46. The Morgan fingerprint density at radius 1 is 0.897 bits per heavy atom. The fourth-order valence-corrected chi connectivity index (χ4v) is 4.81. The van der Waals surface area contributed by atoms with E-state index in [4.69, 9.17) is 28.4 Å². The van der Waals surface area contributed by atoms with Crippen molar-refractivity contribution in [1.82, 2.24) is 4.90 Å². The number of aliphatic hydroxyl groups is 1. The normalized spacial score (nSPS) is 17.3. The van der Waals surface area contributed by atoms with Gasteiger partial charge in [0, 0.05) is 12.1 Å². The van der Waals surface area contributed by atoms with E-state index in [0.29, 0.717) is 51.2 Å². The summed E-state index contributed by atoms with van der Waals surface area (Å²) in [5.74, 6) is 0.723. The van der Waals surface area contributed by atoms with Gasteiger partial charge in [-0.25, -0.2) is 0 Å². The van der Waals surface area contributed by atoms with Crippen molar-refractivity contribution in [3.8, 4) is 34.5 Å². The predicted molar refractivity (Wildman–Crippen MR) is 140 cm³/mol. The Morgan fingerprint density at radius 2 is 1.62 bits per heavy atom. The molecule has 1 N–H and O–H groups in total. The summed E-state index contributed by atoms with van der Waals surface area (Å²) in [5.41, 5.74) is 1.44. The van der Waals surface area contributed by atoms with Gasteiger partial charge in [0.15, 0.2) is 23.0 Å². The maximum atomic E-state index is 13.5. The largest absolute Gasteiger partial charge is 0.507 e. The summed E-state index contributed by atoms with van der Waals surface area (Å²) >= 11 is 0. The minimum Gasteiger partial charge on any atom is -0.507 e. The number of amides is 1. The lowest BCUT2D eigenvalue weighted by atomic mass is 9.94. The summed E-state index contributed by atoms with van der Waals surface area (Å²) in [5, 5.41) is 11.4. The fourth-order valence-electron chi connectivity index (χ4n) is 4.81. The summed E-state index contributed by atoms with van der Waals surface area (Å²) in [4.78, 5) is 28.4. The third-order valence-electron chi connectivity index (χ3n) is 6.68. The van der Waals surface area contributed by atoms with Crippen molar-refractivity contribution in [3.05, 3.63) is 76.9 Å². The molecule has 5 rings (SSSR count). The van der Waals surface area contributed by atoms with Crippen LogP contribution < -0.4 is 28.4 Å². The van der Waals surface area contributed by atoms with Crippen molar-refractivity contribution in [1.29, 1.82) is 0 Å². The van der Waals surface area contributed by atoms with Gasteiger partial charge in [0.1, 0.15) is 11.5 Å². The maximum Gasteiger partial charge on any atom is 0.295 e. The first-order valence-corrected chi connectivity index (χ1v) is 12.0. The number of carbonyl (C=O) groups excluding carboxylic acids is 2. The number of benzene rings is 3. The Labute approximate surface area is 224 Å². The van der Waals surface area contributed by atoms with Crippen LogP contribution in [0.4, 0.5) is 0 Å². The topological polar surface area (TPSA) is 113 Å². The molecule has 0 spiro atoms. The van der Waals surface area contributed by atoms with Crippen molar-refractivity contribution in [2.45, 2.75) is 12.6 Å². The van der Waals surface area contributed by atoms with E-state index in [1.807, 2.05) is 0 Å². The smallest absolute Gasteiger partial charge is 0.295 e. The average Bonchev–Trinajstić information content (AvgIpc) is 3.54. The van der Waals surface area contributed by atoms with Crippen molar-refractivity contribution in [3.63, 3.8) is 0 Å². The second-order valence-corrected chi connectivity index (χ2v) is 8.81. The molecule has 202 valence electrons. The minimum absolute atomic E-state index is 0.0530. The number of methoxy groups -OCH3 is 4. The lowest BCUT2D eigenvalue weighted by molar-refractivity contribution is -0.140. The standard InChI is InChI=1S/C29H27NO9/c1-34-19-7-5-6-17(11-19)26(31)24-25(18-12-22(35-2)28(37-4)23(13-18)36-3)30(29(33)27(24)32)14-16-8-9-20-21(10-16)39-15-38-20/h5-13,25,31H,14-15H2,1-4H3/t25-/m1/s1. The molecule has 2 aliphatic heterocycles. The molecule has 0 saturated carbocycles. The molecule has 2 aliphatic rings. The summed E-state index contributed by atoms with van der Waals surface area (Å²) in [6.07, 6.45) is 0. The van der Waals surface area contributed by atoms with Crippen LogP contribution in [0.5, 0.6) is 34.5 Å². The Bertz CT molecular complexity index is 1450. The van der Waals surface area contributed by atoms with Gasteiger partial charge in [0.2, 0.25) is 12.5 Å². The van der Waals surface area contributed by atoms with Crippen molar-refractivity contribution in [2.75, 3.05) is 35.2 Å². The van der Waals surface area contributed by atoms with Crippen LogP contribution in [0.1, 0.15) is 22.7 Å². The Hall–Kier alpha value is -4.86. The number of hydrogen-bond donors (Lipinski definition) is 1. The fraction of sp³-hybridized carbons (Fsp3) is 0.241. The lowest BCUT2D eigenvalue weighted by Gasteiger charge is -2.26. The molecule has 39 heavy (non-hydrogen) atoms. The first kappa shape index (κ1) is 25.8. The molecule has 1 atom stereocenters. The summed E-state index contributed by atoms with van der Waals surface area (Å²) in [7, 11) is 5.93. The molecule has 0 aliphatic carbocycles. The monoisotopic (exact) mass is 533 g/mol. The van der Waals surface area contributed by atoms with Gasteiger partial charge < -0.3 is 38.4 Å². The third kappa shape index (κ3) is 4.54. The van der Waals surface area contributed by atoms with Gasteiger partial charge in [-0.15, -0.1) is 0 Å². The van der Waals surface area contributed by atoms with Crippen molar-refractivity contribution >= 4 is 17.4 Å². The zero-order valence-corrected chi connectivity index (χ0v) is 21.8. The molecule has 3 aromatic carbocycles. The van der Waals surface area contributed by atoms with E-state index in [1.165, 1.54) is 33.3 Å². The van der Waals surface area contributed by atoms with Crippen LogP contribution in [0, 0.1) is 0 Å². The zero-order chi connectivity index (χ0) is 27.7. The van der Waals surface area contributed by atoms with Gasteiger partial charge in [-0.2, -0.15) is 0 Å². The van der Waals surface area contributed by atoms with Gasteiger partial charge in [-0.3, -0.25) is 9.59 Å². The zero-order valence-electron chi connectivity index (χ0n) is 21.8. The second-order valence-electron chi connectivity index (χ2n) is 8.81. The number of likely N-dealkylation sites (tertiary alicyclic amines) is 1. The lowest BCUT2D eigenvalue weighted by Crippen LogP contribution is -2.29. The van der Waals surface area contributed by atoms with Gasteiger partial charge in [-0.1, -0.05) is 18.2 Å². The Kier molecular flexibility index (Phi) is 6.93. The van der Waals surface area contributed by atoms with E-state index >= 15 is 0 Å². The van der Waals surface area contributed by atoms with Crippen LogP contribution >= 0.6 is 0 Å². The number of Topliss-reactive ketones (excluding diaryl/α,β-unsaturated/α-hetero) is 1. The van der Waals surface area contributed by atoms with Crippen LogP contribution in [0.3, 0.4) is 0 Å². The van der Waals surface area contributed by atoms with E-state index in [-0.39, 0.29) is 24.7 Å². The van der Waals surface area contributed by atoms with E-state index in [2.05, 4.69) is 0 Å². The van der Waals surface area contributed by atoms with Crippen LogP contribution in [-0.2, 0) is 16.1 Å². The van der Waals surface area contributed by atoms with E-state index in [9.17, 15) is 14.7 Å². The highest BCUT2D eigenvalue weighted by molar-refractivity contribution is 6.46. The molecule has 10 nitrogen and oxygen atoms in total. The predicted octanol–water partition coefficient (Wildman–Crippen LogP) is 4.07. The SMILES string of the molecule is COc1cccc(C(O)=C2C(=O)C(=O)N(Cc3ccc4c(c3)OCO4)[C@@H]2c2cc(OC)c(OC)c(OC)c2)c1. The summed E-state index contributed by atoms with van der Waals surface area (Å²) in [6, 6.07) is 14.3. The number of aliphatic hydroxyl groups excluding tert-OH is 1. The number of ketones is 1. The Morgan fingerprint density at radius 3 is 2.28 bits per heavy atom. The molecule has 1 fully saturated rings. The molecule has 10 heteroatoms. The van der Waals surface area contributed by atoms with E-state index in [0.717, 1.165) is 0 Å². The number of fused-ring (bicyclic) bond motifs is 1. The van der Waals surface area contributed by atoms with Gasteiger partial charge in [0.25, 0.3) is 11.7 Å². The first-order valence-electron chi connectivity index (χ1n) is 12.0. The van der Waals surface area contributed by atoms with Gasteiger partial charge >= 0.3 is 0 Å². The number of hydrogen-bond acceptors (Lipinski definition) is 9. The molecule has 0 bridgehead atoms. The molecular formula is C29H27NO9. The van der Waals surface area contributed by atoms with Crippen LogP contribution in [-0.4, -0.2) is 56.9 Å². The quantitative estimate of drug-likeness (QED) is 0.260. The molecular weight excluding hydrogens is 506 g/mol. The molecule has 3 aromatic rings. The molecule has 0 unspecified atom stereocenters. The number of nitrogens with zero attached hydrogens (tertiary/aromatic N) is 1. The highest BCUT2D eigenvalue weighted by Gasteiger charge is 2.46. The van der Waals surface area contributed by atoms with E-state index < -0.39 is 17.7 Å². The van der Waals surface area contributed by atoms with Crippen molar-refractivity contribution in [2.24, 2.45) is 0 Å². The second kappa shape index (κ2) is 10.5. The van der Waals surface area contributed by atoms with Gasteiger partial charge in [-0.05, 0) is 47.5 Å². The molecule has 2 heterocycles. The van der Waals surface area contributed by atoms with Crippen LogP contribution in [0.25, 0.3) is 5.76 Å². The molecule has 1 amide bonds. The number of carbonyl (C=O) groups is 2. The molecule has 1 saturated heterocycles. The highest BCUT2D eigenvalue weighted by atomic mass is 16.7. The minimum atomic E-state index is -0.977. The average molecular weight is 534 g/mol. The van der Waals surface area contributed by atoms with Crippen molar-refractivity contribution < 1.29 is 43.1 Å². The van der Waals surface area contributed by atoms with E-state index in [1.54, 1.807) is 54.6 Å². The third-order valence-corrected chi connectivity index (χ3v) is 6.68. The van der Waals surface area contributed by atoms with Crippen LogP contribution in [0.2, 0.25) is 0 Å². The number of ether oxygens (including phenoxy) is 6. The first-order chi connectivity index (χ1) is 18.9. The van der Waals surface area contributed by atoms with Gasteiger partial charge in [0.05, 0.1) is 40.1 Å². The Balaban J connectivity index is 1.69. The number of rotatable bonds is 8.